The summed E-state index contributed by atoms with van der Waals surface area (Å²) in [4.78, 5) is 0. The van der Waals surface area contributed by atoms with Crippen molar-refractivity contribution >= 4 is 12.4 Å². The summed E-state index contributed by atoms with van der Waals surface area (Å²) < 4.78 is 5.61. The summed E-state index contributed by atoms with van der Waals surface area (Å²) in [7, 11) is 0. The fraction of sp³-hybridized carbons (Fsp3) is 0.200. The SMILES string of the molecule is Cl.NC(COc1ccccc1)Cc1ccccc1. The van der Waals surface area contributed by atoms with Crippen molar-refractivity contribution in [3.8, 4) is 5.75 Å². The molecule has 0 aromatic heterocycles. The lowest BCUT2D eigenvalue weighted by Crippen LogP contribution is -2.30. The zero-order chi connectivity index (χ0) is 11.9. The predicted octanol–water partition coefficient (Wildman–Crippen LogP) is 3.06. The number of ether oxygens (including phenoxy) is 1. The van der Waals surface area contributed by atoms with Gasteiger partial charge in [-0.25, -0.2) is 0 Å². The number of hydrogen-bond donors (Lipinski definition) is 1. The van der Waals surface area contributed by atoms with Gasteiger partial charge in [-0.05, 0) is 24.1 Å². The van der Waals surface area contributed by atoms with Crippen LogP contribution in [0.5, 0.6) is 5.75 Å². The Labute approximate surface area is 114 Å². The van der Waals surface area contributed by atoms with E-state index in [1.807, 2.05) is 48.5 Å². The Morgan fingerprint density at radius 2 is 1.44 bits per heavy atom. The Balaban J connectivity index is 0.00000162. The van der Waals surface area contributed by atoms with Crippen molar-refractivity contribution in [1.29, 1.82) is 0 Å². The lowest BCUT2D eigenvalue weighted by atomic mass is 10.1. The zero-order valence-electron chi connectivity index (χ0n) is 10.2. The summed E-state index contributed by atoms with van der Waals surface area (Å²) in [5.74, 6) is 0.871. The van der Waals surface area contributed by atoms with E-state index in [0.717, 1.165) is 12.2 Å². The molecule has 2 aromatic carbocycles. The maximum Gasteiger partial charge on any atom is 0.119 e. The Morgan fingerprint density at radius 1 is 0.889 bits per heavy atom. The summed E-state index contributed by atoms with van der Waals surface area (Å²) in [5, 5.41) is 0. The largest absolute Gasteiger partial charge is 0.492 e. The lowest BCUT2D eigenvalue weighted by molar-refractivity contribution is 0.287. The molecule has 18 heavy (non-hydrogen) atoms. The minimum atomic E-state index is 0. The average Bonchev–Trinajstić information content (AvgIpc) is 2.39. The normalized spacial score (nSPS) is 11.4. The summed E-state index contributed by atoms with van der Waals surface area (Å²) in [6.07, 6.45) is 0.841. The molecule has 1 unspecified atom stereocenters. The van der Waals surface area contributed by atoms with Gasteiger partial charge in [0.15, 0.2) is 0 Å². The van der Waals surface area contributed by atoms with Gasteiger partial charge in [0.2, 0.25) is 0 Å². The first-order valence-corrected chi connectivity index (χ1v) is 5.82. The van der Waals surface area contributed by atoms with Crippen LogP contribution in [-0.2, 0) is 6.42 Å². The first kappa shape index (κ1) is 14.6. The van der Waals surface area contributed by atoms with Crippen LogP contribution in [0, 0.1) is 0 Å². The molecule has 0 aliphatic heterocycles. The van der Waals surface area contributed by atoms with Gasteiger partial charge in [-0.15, -0.1) is 12.4 Å². The second-order valence-electron chi connectivity index (χ2n) is 4.07. The van der Waals surface area contributed by atoms with E-state index in [4.69, 9.17) is 10.5 Å². The van der Waals surface area contributed by atoms with Crippen molar-refractivity contribution in [2.24, 2.45) is 5.73 Å². The second-order valence-corrected chi connectivity index (χ2v) is 4.07. The molecule has 0 bridgehead atoms. The summed E-state index contributed by atoms with van der Waals surface area (Å²) in [6, 6.07) is 20.0. The van der Waals surface area contributed by atoms with E-state index in [0.29, 0.717) is 6.61 Å². The van der Waals surface area contributed by atoms with Crippen LogP contribution in [0.25, 0.3) is 0 Å². The molecule has 0 radical (unpaired) electrons. The van der Waals surface area contributed by atoms with Crippen LogP contribution >= 0.6 is 12.4 Å². The minimum absolute atomic E-state index is 0. The highest BCUT2D eigenvalue weighted by Gasteiger charge is 2.04. The molecule has 3 heteroatoms. The summed E-state index contributed by atoms with van der Waals surface area (Å²) >= 11 is 0. The van der Waals surface area contributed by atoms with E-state index in [1.165, 1.54) is 5.56 Å². The third kappa shape index (κ3) is 4.78. The van der Waals surface area contributed by atoms with Crippen molar-refractivity contribution in [2.45, 2.75) is 12.5 Å². The third-order valence-corrected chi connectivity index (χ3v) is 2.55. The van der Waals surface area contributed by atoms with Crippen LogP contribution in [0.1, 0.15) is 5.56 Å². The minimum Gasteiger partial charge on any atom is -0.492 e. The van der Waals surface area contributed by atoms with E-state index in [9.17, 15) is 0 Å². The van der Waals surface area contributed by atoms with E-state index >= 15 is 0 Å². The number of rotatable bonds is 5. The van der Waals surface area contributed by atoms with Gasteiger partial charge >= 0.3 is 0 Å². The highest BCUT2D eigenvalue weighted by Crippen LogP contribution is 2.09. The molecule has 0 spiro atoms. The number of benzene rings is 2. The van der Waals surface area contributed by atoms with E-state index in [2.05, 4.69) is 12.1 Å². The van der Waals surface area contributed by atoms with Gasteiger partial charge in [-0.1, -0.05) is 48.5 Å². The second kappa shape index (κ2) is 7.75. The molecular weight excluding hydrogens is 246 g/mol. The number of halogens is 1. The van der Waals surface area contributed by atoms with Crippen molar-refractivity contribution in [1.82, 2.24) is 0 Å². The summed E-state index contributed by atoms with van der Waals surface area (Å²) in [5.41, 5.74) is 7.28. The molecule has 2 N–H and O–H groups in total. The van der Waals surface area contributed by atoms with Gasteiger partial charge in [0.25, 0.3) is 0 Å². The highest BCUT2D eigenvalue weighted by molar-refractivity contribution is 5.85. The number of para-hydroxylation sites is 1. The van der Waals surface area contributed by atoms with Gasteiger partial charge in [-0.2, -0.15) is 0 Å². The Morgan fingerprint density at radius 3 is 2.06 bits per heavy atom. The van der Waals surface area contributed by atoms with E-state index in [-0.39, 0.29) is 18.4 Å². The molecule has 0 fully saturated rings. The Bertz CT molecular complexity index is 433. The first-order valence-electron chi connectivity index (χ1n) is 5.82. The topological polar surface area (TPSA) is 35.2 Å². The van der Waals surface area contributed by atoms with Gasteiger partial charge in [0, 0.05) is 6.04 Å². The molecule has 0 aliphatic carbocycles. The van der Waals surface area contributed by atoms with Crippen LogP contribution in [0.15, 0.2) is 60.7 Å². The quantitative estimate of drug-likeness (QED) is 0.900. The van der Waals surface area contributed by atoms with Crippen LogP contribution in [-0.4, -0.2) is 12.6 Å². The lowest BCUT2D eigenvalue weighted by Gasteiger charge is -2.13. The molecule has 1 atom stereocenters. The number of hydrogen-bond acceptors (Lipinski definition) is 2. The average molecular weight is 264 g/mol. The highest BCUT2D eigenvalue weighted by atomic mass is 35.5. The van der Waals surface area contributed by atoms with Crippen LogP contribution < -0.4 is 10.5 Å². The summed E-state index contributed by atoms with van der Waals surface area (Å²) in [6.45, 7) is 0.541. The van der Waals surface area contributed by atoms with Crippen LogP contribution in [0.3, 0.4) is 0 Å². The van der Waals surface area contributed by atoms with Gasteiger partial charge < -0.3 is 10.5 Å². The van der Waals surface area contributed by atoms with Crippen LogP contribution in [0.2, 0.25) is 0 Å². The van der Waals surface area contributed by atoms with Crippen molar-refractivity contribution < 1.29 is 4.74 Å². The molecule has 0 saturated heterocycles. The van der Waals surface area contributed by atoms with Crippen molar-refractivity contribution in [3.05, 3.63) is 66.2 Å². The standard InChI is InChI=1S/C15H17NO.ClH/c16-14(11-13-7-3-1-4-8-13)12-17-15-9-5-2-6-10-15;/h1-10,14H,11-12,16H2;1H. The molecule has 2 nitrogen and oxygen atoms in total. The van der Waals surface area contributed by atoms with Crippen molar-refractivity contribution in [2.75, 3.05) is 6.61 Å². The molecule has 0 amide bonds. The fourth-order valence-corrected chi connectivity index (χ4v) is 1.70. The molecule has 2 aromatic rings. The van der Waals surface area contributed by atoms with Gasteiger partial charge in [-0.3, -0.25) is 0 Å². The van der Waals surface area contributed by atoms with Crippen LogP contribution in [0.4, 0.5) is 0 Å². The van der Waals surface area contributed by atoms with E-state index < -0.39 is 0 Å². The molecular formula is C15H18ClNO. The fourth-order valence-electron chi connectivity index (χ4n) is 1.70. The monoisotopic (exact) mass is 263 g/mol. The number of nitrogens with two attached hydrogens (primary N) is 1. The van der Waals surface area contributed by atoms with Crippen molar-refractivity contribution in [3.63, 3.8) is 0 Å². The maximum atomic E-state index is 6.03. The zero-order valence-corrected chi connectivity index (χ0v) is 11.0. The Kier molecular flexibility index (Phi) is 6.26. The van der Waals surface area contributed by atoms with E-state index in [1.54, 1.807) is 0 Å². The molecule has 2 rings (SSSR count). The molecule has 0 heterocycles. The van der Waals surface area contributed by atoms with Gasteiger partial charge in [0.05, 0.1) is 0 Å². The van der Waals surface area contributed by atoms with Gasteiger partial charge in [0.1, 0.15) is 12.4 Å². The third-order valence-electron chi connectivity index (χ3n) is 2.55. The molecule has 0 saturated carbocycles. The Hall–Kier alpha value is -1.51. The first-order chi connectivity index (χ1) is 8.34. The maximum absolute atomic E-state index is 6.03. The predicted molar refractivity (Wildman–Crippen MR) is 77.3 cm³/mol. The molecule has 96 valence electrons. The molecule has 0 aliphatic rings. The smallest absolute Gasteiger partial charge is 0.119 e.